The molecule has 1 atom stereocenters. The van der Waals surface area contributed by atoms with Crippen LogP contribution in [0.4, 0.5) is 0 Å². The summed E-state index contributed by atoms with van der Waals surface area (Å²) in [6.07, 6.45) is 16.4. The number of unbranched alkanes of at least 4 members (excludes halogenated alkanes) is 1. The van der Waals surface area contributed by atoms with E-state index in [1.54, 1.807) is 6.08 Å². The number of hydrogen-bond donors (Lipinski definition) is 3. The summed E-state index contributed by atoms with van der Waals surface area (Å²) in [6, 6.07) is 0.0478. The van der Waals surface area contributed by atoms with Crippen LogP contribution in [0.3, 0.4) is 0 Å². The Hall–Kier alpha value is -2.77. The molecule has 3 N–H and O–H groups in total. The summed E-state index contributed by atoms with van der Waals surface area (Å²) in [4.78, 5) is 0. The van der Waals surface area contributed by atoms with E-state index in [1.165, 1.54) is 0 Å². The molecule has 0 aromatic carbocycles. The van der Waals surface area contributed by atoms with Crippen molar-refractivity contribution in [2.24, 2.45) is 5.92 Å². The van der Waals surface area contributed by atoms with Crippen LogP contribution in [0.15, 0.2) is 72.6 Å². The maximum absolute atomic E-state index is 10.9. The number of nitrogens with one attached hydrogen (secondary N) is 1. The lowest BCUT2D eigenvalue weighted by atomic mass is 10.0. The van der Waals surface area contributed by atoms with Crippen molar-refractivity contribution in [3.63, 3.8) is 0 Å². The number of rotatable bonds is 13. The second kappa shape index (κ2) is 11.1. The van der Waals surface area contributed by atoms with Crippen molar-refractivity contribution in [3.05, 3.63) is 72.6 Å². The van der Waals surface area contributed by atoms with E-state index in [1.807, 2.05) is 33.0 Å². The highest BCUT2D eigenvalue weighted by Gasteiger charge is 2.36. The molecule has 1 aliphatic heterocycles. The van der Waals surface area contributed by atoms with Crippen molar-refractivity contribution in [3.8, 4) is 0 Å². The van der Waals surface area contributed by atoms with Crippen LogP contribution in [-0.2, 0) is 4.74 Å². The molecular formula is C27H41N4O3+. The number of allylic oxidation sites excluding steroid dienone is 3. The molecule has 0 aromatic heterocycles. The average Bonchev–Trinajstić information content (AvgIpc) is 3.57. The highest BCUT2D eigenvalue weighted by Crippen LogP contribution is 2.33. The molecule has 7 nitrogen and oxygen atoms in total. The standard InChI is InChI=1S/C27H41N4O3/c1-7-9-11-24(21-12-13-21)31(33)20(3)28-23-17-22-19-30(15-14-27(4,5)32)29(6)25(22)18-26(23)34-16-10-8-2/h7,9,11,17-19,21,25,28,32-33H,1,3,8,10,12-16H2,2,4-6H3/q+1/b11-9-,31-24-. The zero-order valence-electron chi connectivity index (χ0n) is 21.1. The molecule has 1 unspecified atom stereocenters. The van der Waals surface area contributed by atoms with E-state index in [2.05, 4.69) is 53.8 Å². The van der Waals surface area contributed by atoms with Gasteiger partial charge >= 0.3 is 5.82 Å². The fraction of sp³-hybridized carbons (Fsp3) is 0.519. The van der Waals surface area contributed by atoms with Gasteiger partial charge in [0.15, 0.2) is 17.2 Å². The second-order valence-corrected chi connectivity index (χ2v) is 9.84. The summed E-state index contributed by atoms with van der Waals surface area (Å²) in [5.74, 6) is 1.45. The molecule has 3 rings (SSSR count). The van der Waals surface area contributed by atoms with E-state index in [0.29, 0.717) is 31.3 Å². The minimum absolute atomic E-state index is 0.0478. The lowest BCUT2D eigenvalue weighted by Crippen LogP contribution is -2.40. The SMILES string of the molecule is C=C/C=C\C(C1CC1)=[N+](\O)C(=C)NC1=CC2=CN(CCC(C)(C)O)N(C)C2C=C1OCCCC. The Kier molecular flexibility index (Phi) is 8.44. The third kappa shape index (κ3) is 6.64. The van der Waals surface area contributed by atoms with Gasteiger partial charge in [-0.05, 0) is 74.6 Å². The summed E-state index contributed by atoms with van der Waals surface area (Å²) in [5.41, 5.74) is 1.96. The second-order valence-electron chi connectivity index (χ2n) is 9.84. The quantitative estimate of drug-likeness (QED) is 0.0937. The van der Waals surface area contributed by atoms with E-state index in [-0.39, 0.29) is 6.04 Å². The van der Waals surface area contributed by atoms with Gasteiger partial charge in [-0.15, -0.1) is 0 Å². The molecular weight excluding hydrogens is 428 g/mol. The molecule has 2 aliphatic carbocycles. The number of hydrazine groups is 1. The molecule has 186 valence electrons. The molecule has 34 heavy (non-hydrogen) atoms. The maximum atomic E-state index is 10.9. The van der Waals surface area contributed by atoms with Gasteiger partial charge in [0.1, 0.15) is 0 Å². The minimum Gasteiger partial charge on any atom is -0.489 e. The number of hydroxylamine groups is 1. The zero-order valence-corrected chi connectivity index (χ0v) is 21.1. The predicted octanol–water partition coefficient (Wildman–Crippen LogP) is 4.22. The fourth-order valence-corrected chi connectivity index (χ4v) is 3.96. The number of likely N-dealkylation sites (N-methyl/N-ethyl adjacent to an activating group) is 1. The Labute approximate surface area is 204 Å². The van der Waals surface area contributed by atoms with E-state index in [9.17, 15) is 10.3 Å². The van der Waals surface area contributed by atoms with Crippen LogP contribution in [0, 0.1) is 5.92 Å². The number of nitrogens with zero attached hydrogens (tertiary/aromatic N) is 3. The molecule has 3 aliphatic rings. The summed E-state index contributed by atoms with van der Waals surface area (Å²) in [5, 5.41) is 28.6. The Bertz CT molecular complexity index is 932. The van der Waals surface area contributed by atoms with Gasteiger partial charge in [-0.25, -0.2) is 10.3 Å². The molecule has 0 radical (unpaired) electrons. The molecule has 0 amide bonds. The fourth-order valence-electron chi connectivity index (χ4n) is 3.96. The van der Waals surface area contributed by atoms with Crippen LogP contribution in [0.2, 0.25) is 0 Å². The van der Waals surface area contributed by atoms with E-state index in [0.717, 1.165) is 53.2 Å². The first-order valence-corrected chi connectivity index (χ1v) is 12.3. The van der Waals surface area contributed by atoms with Gasteiger partial charge in [-0.3, -0.25) is 0 Å². The average molecular weight is 470 g/mol. The third-order valence-corrected chi connectivity index (χ3v) is 6.22. The number of ether oxygens (including phenoxy) is 1. The van der Waals surface area contributed by atoms with Crippen LogP contribution in [0.1, 0.15) is 52.9 Å². The first-order chi connectivity index (χ1) is 16.1. The topological polar surface area (TPSA) is 71.2 Å². The van der Waals surface area contributed by atoms with Gasteiger partial charge in [0, 0.05) is 25.7 Å². The smallest absolute Gasteiger partial charge is 0.312 e. The summed E-state index contributed by atoms with van der Waals surface area (Å²) in [6.45, 7) is 14.9. The number of aliphatic hydroxyl groups is 1. The van der Waals surface area contributed by atoms with Crippen LogP contribution >= 0.6 is 0 Å². The van der Waals surface area contributed by atoms with Crippen LogP contribution < -0.4 is 5.32 Å². The highest BCUT2D eigenvalue weighted by atomic mass is 16.5. The normalized spacial score (nSPS) is 21.5. The van der Waals surface area contributed by atoms with Crippen molar-refractivity contribution >= 4 is 5.71 Å². The summed E-state index contributed by atoms with van der Waals surface area (Å²) < 4.78 is 7.29. The summed E-state index contributed by atoms with van der Waals surface area (Å²) in [7, 11) is 2.04. The van der Waals surface area contributed by atoms with E-state index >= 15 is 0 Å². The van der Waals surface area contributed by atoms with Crippen molar-refractivity contribution < 1.29 is 19.8 Å². The van der Waals surface area contributed by atoms with Gasteiger partial charge in [-0.2, -0.15) is 0 Å². The van der Waals surface area contributed by atoms with Crippen LogP contribution in [0.25, 0.3) is 0 Å². The molecule has 1 fully saturated rings. The Morgan fingerprint density at radius 3 is 2.74 bits per heavy atom. The molecule has 0 saturated heterocycles. The molecule has 7 heteroatoms. The monoisotopic (exact) mass is 469 g/mol. The lowest BCUT2D eigenvalue weighted by molar-refractivity contribution is -0.741. The Morgan fingerprint density at radius 2 is 2.12 bits per heavy atom. The lowest BCUT2D eigenvalue weighted by Gasteiger charge is -2.32. The van der Waals surface area contributed by atoms with Gasteiger partial charge in [-0.1, -0.05) is 32.1 Å². The molecule has 1 heterocycles. The Morgan fingerprint density at radius 1 is 1.38 bits per heavy atom. The molecule has 0 aromatic rings. The van der Waals surface area contributed by atoms with E-state index < -0.39 is 5.60 Å². The highest BCUT2D eigenvalue weighted by molar-refractivity contribution is 5.94. The van der Waals surface area contributed by atoms with Crippen molar-refractivity contribution in [2.75, 3.05) is 20.2 Å². The molecule has 0 bridgehead atoms. The van der Waals surface area contributed by atoms with Crippen molar-refractivity contribution in [1.82, 2.24) is 15.3 Å². The summed E-state index contributed by atoms with van der Waals surface area (Å²) >= 11 is 0. The minimum atomic E-state index is -0.724. The first-order valence-electron chi connectivity index (χ1n) is 12.3. The predicted molar refractivity (Wildman–Crippen MR) is 136 cm³/mol. The maximum Gasteiger partial charge on any atom is 0.312 e. The Balaban J connectivity index is 1.83. The van der Waals surface area contributed by atoms with Crippen molar-refractivity contribution in [1.29, 1.82) is 0 Å². The molecule has 1 saturated carbocycles. The number of fused-ring (bicyclic) bond motifs is 1. The van der Waals surface area contributed by atoms with Crippen molar-refractivity contribution in [2.45, 2.75) is 64.5 Å². The van der Waals surface area contributed by atoms with E-state index in [4.69, 9.17) is 4.74 Å². The van der Waals surface area contributed by atoms with Gasteiger partial charge < -0.3 is 20.1 Å². The van der Waals surface area contributed by atoms with Gasteiger partial charge in [0.05, 0.1) is 18.2 Å². The molecule has 0 spiro atoms. The van der Waals surface area contributed by atoms with Crippen LogP contribution in [-0.4, -0.2) is 62.6 Å². The van der Waals surface area contributed by atoms with Crippen LogP contribution in [0.5, 0.6) is 0 Å². The number of hydrogen-bond acceptors (Lipinski definition) is 6. The third-order valence-electron chi connectivity index (χ3n) is 6.22. The first kappa shape index (κ1) is 25.8. The zero-order chi connectivity index (χ0) is 24.9. The van der Waals surface area contributed by atoms with Gasteiger partial charge in [0.25, 0.3) is 0 Å². The largest absolute Gasteiger partial charge is 0.489 e. The van der Waals surface area contributed by atoms with Gasteiger partial charge in [0.2, 0.25) is 0 Å².